The van der Waals surface area contributed by atoms with Gasteiger partial charge in [0.25, 0.3) is 0 Å². The van der Waals surface area contributed by atoms with Gasteiger partial charge in [-0.3, -0.25) is 0 Å². The van der Waals surface area contributed by atoms with E-state index in [2.05, 4.69) is 5.32 Å². The van der Waals surface area contributed by atoms with Crippen LogP contribution in [0.2, 0.25) is 0 Å². The molecule has 0 radical (unpaired) electrons. The highest BCUT2D eigenvalue weighted by Crippen LogP contribution is 2.28. The van der Waals surface area contributed by atoms with E-state index in [4.69, 9.17) is 9.47 Å². The number of nitrogens with one attached hydrogen (secondary N) is 1. The molecule has 16 heavy (non-hydrogen) atoms. The Morgan fingerprint density at radius 1 is 1.38 bits per heavy atom. The van der Waals surface area contributed by atoms with Gasteiger partial charge in [0.05, 0.1) is 13.7 Å². The number of benzene rings is 1. The fourth-order valence-corrected chi connectivity index (χ4v) is 1.39. The maximum Gasteiger partial charge on any atom is 0.162 e. The molecule has 0 aromatic heterocycles. The van der Waals surface area contributed by atoms with Gasteiger partial charge in [0, 0.05) is 25.3 Å². The van der Waals surface area contributed by atoms with Gasteiger partial charge in [0.2, 0.25) is 0 Å². The molecule has 0 unspecified atom stereocenters. The average molecular weight is 225 g/mol. The number of para-hydroxylation sites is 1. The highest BCUT2D eigenvalue weighted by atomic mass is 16.5. The second-order valence-corrected chi connectivity index (χ2v) is 3.34. The molecule has 0 saturated carbocycles. The maximum absolute atomic E-state index is 9.80. The van der Waals surface area contributed by atoms with Gasteiger partial charge in [-0.15, -0.1) is 0 Å². The summed E-state index contributed by atoms with van der Waals surface area (Å²) in [6, 6.07) is 5.46. The zero-order valence-electron chi connectivity index (χ0n) is 9.82. The summed E-state index contributed by atoms with van der Waals surface area (Å²) in [6.45, 7) is 4.75. The Hall–Kier alpha value is -1.26. The van der Waals surface area contributed by atoms with Gasteiger partial charge in [0.15, 0.2) is 11.5 Å². The molecule has 0 spiro atoms. The number of phenolic OH excluding ortho intramolecular Hbond substituents is 1. The lowest BCUT2D eigenvalue weighted by molar-refractivity contribution is 0.149. The van der Waals surface area contributed by atoms with Crippen molar-refractivity contribution in [1.29, 1.82) is 0 Å². The molecule has 4 heteroatoms. The van der Waals surface area contributed by atoms with Gasteiger partial charge >= 0.3 is 0 Å². The van der Waals surface area contributed by atoms with Crippen LogP contribution in [0.5, 0.6) is 11.5 Å². The van der Waals surface area contributed by atoms with Gasteiger partial charge in [-0.05, 0) is 13.0 Å². The molecule has 0 saturated heterocycles. The zero-order chi connectivity index (χ0) is 11.8. The maximum atomic E-state index is 9.80. The zero-order valence-corrected chi connectivity index (χ0v) is 9.82. The predicted molar refractivity (Wildman–Crippen MR) is 62.9 cm³/mol. The Labute approximate surface area is 96.2 Å². The Morgan fingerprint density at radius 2 is 2.19 bits per heavy atom. The summed E-state index contributed by atoms with van der Waals surface area (Å²) in [7, 11) is 1.54. The predicted octanol–water partition coefficient (Wildman–Crippen LogP) is 1.53. The van der Waals surface area contributed by atoms with Crippen molar-refractivity contribution in [2.24, 2.45) is 0 Å². The molecule has 0 heterocycles. The molecular weight excluding hydrogens is 206 g/mol. The van der Waals surface area contributed by atoms with E-state index in [1.54, 1.807) is 13.2 Å². The summed E-state index contributed by atoms with van der Waals surface area (Å²) >= 11 is 0. The fourth-order valence-electron chi connectivity index (χ4n) is 1.39. The Bertz CT molecular complexity index is 315. The summed E-state index contributed by atoms with van der Waals surface area (Å²) in [5, 5.41) is 13.0. The molecule has 0 bridgehead atoms. The van der Waals surface area contributed by atoms with Crippen LogP contribution in [-0.4, -0.2) is 32.0 Å². The van der Waals surface area contributed by atoms with Crippen molar-refractivity contribution in [2.75, 3.05) is 26.9 Å². The van der Waals surface area contributed by atoms with Crippen molar-refractivity contribution >= 4 is 0 Å². The van der Waals surface area contributed by atoms with Crippen LogP contribution in [0.1, 0.15) is 12.5 Å². The third-order valence-corrected chi connectivity index (χ3v) is 2.25. The van der Waals surface area contributed by atoms with Gasteiger partial charge in [-0.1, -0.05) is 12.1 Å². The van der Waals surface area contributed by atoms with Crippen LogP contribution in [0.3, 0.4) is 0 Å². The van der Waals surface area contributed by atoms with Crippen molar-refractivity contribution in [2.45, 2.75) is 13.5 Å². The second kappa shape index (κ2) is 7.09. The van der Waals surface area contributed by atoms with Gasteiger partial charge < -0.3 is 19.9 Å². The van der Waals surface area contributed by atoms with Crippen molar-refractivity contribution < 1.29 is 14.6 Å². The molecule has 0 fully saturated rings. The summed E-state index contributed by atoms with van der Waals surface area (Å²) < 4.78 is 10.2. The van der Waals surface area contributed by atoms with Crippen molar-refractivity contribution in [3.8, 4) is 11.5 Å². The molecular formula is C12H19NO3. The van der Waals surface area contributed by atoms with Crippen LogP contribution in [-0.2, 0) is 11.3 Å². The van der Waals surface area contributed by atoms with Crippen LogP contribution in [0.15, 0.2) is 18.2 Å². The van der Waals surface area contributed by atoms with E-state index < -0.39 is 0 Å². The smallest absolute Gasteiger partial charge is 0.162 e. The minimum absolute atomic E-state index is 0.203. The van der Waals surface area contributed by atoms with Crippen molar-refractivity contribution in [3.63, 3.8) is 0 Å². The molecule has 1 aromatic rings. The molecule has 0 amide bonds. The van der Waals surface area contributed by atoms with Crippen LogP contribution < -0.4 is 10.1 Å². The number of aromatic hydroxyl groups is 1. The minimum Gasteiger partial charge on any atom is -0.504 e. The molecule has 90 valence electrons. The monoisotopic (exact) mass is 225 g/mol. The SMILES string of the molecule is CCOCCNCc1cccc(OC)c1O. The quantitative estimate of drug-likeness (QED) is 0.691. The lowest BCUT2D eigenvalue weighted by Gasteiger charge is -2.09. The summed E-state index contributed by atoms with van der Waals surface area (Å²) in [4.78, 5) is 0. The third-order valence-electron chi connectivity index (χ3n) is 2.25. The van der Waals surface area contributed by atoms with Gasteiger partial charge in [0.1, 0.15) is 0 Å². The number of methoxy groups -OCH3 is 1. The van der Waals surface area contributed by atoms with E-state index in [0.717, 1.165) is 18.7 Å². The van der Waals surface area contributed by atoms with E-state index in [-0.39, 0.29) is 5.75 Å². The van der Waals surface area contributed by atoms with Gasteiger partial charge in [-0.2, -0.15) is 0 Å². The molecule has 0 aliphatic heterocycles. The Kier molecular flexibility index (Phi) is 5.67. The molecule has 4 nitrogen and oxygen atoms in total. The first kappa shape index (κ1) is 12.8. The second-order valence-electron chi connectivity index (χ2n) is 3.34. The van der Waals surface area contributed by atoms with E-state index in [0.29, 0.717) is 18.9 Å². The molecule has 0 aliphatic carbocycles. The van der Waals surface area contributed by atoms with Crippen LogP contribution in [0.4, 0.5) is 0 Å². The molecule has 0 atom stereocenters. The number of ether oxygens (including phenoxy) is 2. The summed E-state index contributed by atoms with van der Waals surface area (Å²) in [6.07, 6.45) is 0. The molecule has 1 rings (SSSR count). The van der Waals surface area contributed by atoms with Crippen LogP contribution in [0, 0.1) is 0 Å². The van der Waals surface area contributed by atoms with Crippen LogP contribution >= 0.6 is 0 Å². The van der Waals surface area contributed by atoms with E-state index in [1.807, 2.05) is 19.1 Å². The minimum atomic E-state index is 0.203. The Morgan fingerprint density at radius 3 is 2.88 bits per heavy atom. The highest BCUT2D eigenvalue weighted by molar-refractivity contribution is 5.45. The topological polar surface area (TPSA) is 50.7 Å². The number of phenols is 1. The van der Waals surface area contributed by atoms with Crippen molar-refractivity contribution in [1.82, 2.24) is 5.32 Å². The average Bonchev–Trinajstić information content (AvgIpc) is 2.31. The lowest BCUT2D eigenvalue weighted by atomic mass is 10.2. The standard InChI is InChI=1S/C12H19NO3/c1-3-16-8-7-13-9-10-5-4-6-11(15-2)12(10)14/h4-6,13-14H,3,7-9H2,1-2H3. The summed E-state index contributed by atoms with van der Waals surface area (Å²) in [5.74, 6) is 0.706. The molecule has 2 N–H and O–H groups in total. The number of hydrogen-bond donors (Lipinski definition) is 2. The fraction of sp³-hybridized carbons (Fsp3) is 0.500. The molecule has 0 aliphatic rings. The van der Waals surface area contributed by atoms with E-state index >= 15 is 0 Å². The van der Waals surface area contributed by atoms with E-state index in [9.17, 15) is 5.11 Å². The first-order valence-corrected chi connectivity index (χ1v) is 5.43. The first-order chi connectivity index (χ1) is 7.79. The van der Waals surface area contributed by atoms with E-state index in [1.165, 1.54) is 0 Å². The van der Waals surface area contributed by atoms with Crippen LogP contribution in [0.25, 0.3) is 0 Å². The van der Waals surface area contributed by atoms with Gasteiger partial charge in [-0.25, -0.2) is 0 Å². The first-order valence-electron chi connectivity index (χ1n) is 5.43. The lowest BCUT2D eigenvalue weighted by Crippen LogP contribution is -2.19. The highest BCUT2D eigenvalue weighted by Gasteiger charge is 2.05. The number of rotatable bonds is 7. The molecule has 1 aromatic carbocycles. The van der Waals surface area contributed by atoms with Crippen molar-refractivity contribution in [3.05, 3.63) is 23.8 Å². The normalized spacial score (nSPS) is 10.4. The summed E-state index contributed by atoms with van der Waals surface area (Å²) in [5.41, 5.74) is 0.829. The number of hydrogen-bond acceptors (Lipinski definition) is 4. The third kappa shape index (κ3) is 3.72. The largest absolute Gasteiger partial charge is 0.504 e. The Balaban J connectivity index is 2.41.